The Hall–Kier alpha value is -2.04. The highest BCUT2D eigenvalue weighted by atomic mass is 32.2. The summed E-state index contributed by atoms with van der Waals surface area (Å²) in [6, 6.07) is 5.91. The minimum Gasteiger partial charge on any atom is -0.467 e. The standard InChI is InChI=1S/C20H21N3O2S2/c21-10-4-1-5-12-26-20-22-18-17(15-8-2-3-9-16(15)27-18)19(24)23(20)13-14-7-6-11-25-14/h6-7,11H,1-5,8-9,12-13H2. The molecule has 0 fully saturated rings. The first-order valence-corrected chi connectivity index (χ1v) is 11.2. The molecule has 3 aromatic rings. The van der Waals surface area contributed by atoms with Crippen molar-refractivity contribution >= 4 is 33.3 Å². The number of nitrogens with zero attached hydrogens (tertiary/aromatic N) is 3. The van der Waals surface area contributed by atoms with Crippen molar-refractivity contribution in [2.24, 2.45) is 0 Å². The monoisotopic (exact) mass is 399 g/mol. The number of furan rings is 1. The van der Waals surface area contributed by atoms with E-state index in [-0.39, 0.29) is 5.56 Å². The normalized spacial score (nSPS) is 13.6. The zero-order chi connectivity index (χ0) is 18.6. The van der Waals surface area contributed by atoms with Crippen molar-refractivity contribution in [1.82, 2.24) is 9.55 Å². The average Bonchev–Trinajstić information content (AvgIpc) is 3.31. The Kier molecular flexibility index (Phi) is 5.65. The molecule has 0 aliphatic heterocycles. The number of fused-ring (bicyclic) bond motifs is 3. The van der Waals surface area contributed by atoms with Crippen LogP contribution in [-0.4, -0.2) is 15.3 Å². The van der Waals surface area contributed by atoms with Crippen LogP contribution in [0.25, 0.3) is 10.2 Å². The first-order chi connectivity index (χ1) is 13.3. The van der Waals surface area contributed by atoms with Crippen molar-refractivity contribution in [3.63, 3.8) is 0 Å². The van der Waals surface area contributed by atoms with Crippen LogP contribution in [0.3, 0.4) is 0 Å². The Bertz CT molecular complexity index is 1030. The number of nitriles is 1. The molecule has 0 saturated heterocycles. The van der Waals surface area contributed by atoms with Crippen LogP contribution in [0.1, 0.15) is 48.3 Å². The molecule has 5 nitrogen and oxygen atoms in total. The van der Waals surface area contributed by atoms with Crippen LogP contribution >= 0.6 is 23.1 Å². The Labute approximate surface area is 166 Å². The molecule has 0 saturated carbocycles. The quantitative estimate of drug-likeness (QED) is 0.325. The predicted molar refractivity (Wildman–Crippen MR) is 109 cm³/mol. The first-order valence-electron chi connectivity index (χ1n) is 9.35. The summed E-state index contributed by atoms with van der Waals surface area (Å²) in [5, 5.41) is 10.2. The number of thioether (sulfide) groups is 1. The molecule has 7 heteroatoms. The van der Waals surface area contributed by atoms with Gasteiger partial charge >= 0.3 is 0 Å². The number of aromatic nitrogens is 2. The van der Waals surface area contributed by atoms with Gasteiger partial charge < -0.3 is 4.42 Å². The highest BCUT2D eigenvalue weighted by Gasteiger charge is 2.22. The van der Waals surface area contributed by atoms with E-state index in [9.17, 15) is 4.79 Å². The maximum absolute atomic E-state index is 13.4. The Balaban J connectivity index is 1.72. The largest absolute Gasteiger partial charge is 0.467 e. The van der Waals surface area contributed by atoms with Crippen LogP contribution in [0.15, 0.2) is 32.8 Å². The molecule has 3 aromatic heterocycles. The van der Waals surface area contributed by atoms with Gasteiger partial charge in [0, 0.05) is 17.1 Å². The summed E-state index contributed by atoms with van der Waals surface area (Å²) in [5.74, 6) is 1.61. The SMILES string of the molecule is N#CCCCCSc1nc2sc3c(c2c(=O)n1Cc1ccco1)CCCC3. The highest BCUT2D eigenvalue weighted by molar-refractivity contribution is 7.99. The van der Waals surface area contributed by atoms with Crippen molar-refractivity contribution < 1.29 is 4.42 Å². The topological polar surface area (TPSA) is 71.8 Å². The lowest BCUT2D eigenvalue weighted by molar-refractivity contribution is 0.476. The summed E-state index contributed by atoms with van der Waals surface area (Å²) in [7, 11) is 0. The summed E-state index contributed by atoms with van der Waals surface area (Å²) in [4.78, 5) is 20.5. The second kappa shape index (κ2) is 8.32. The molecule has 0 atom stereocenters. The predicted octanol–water partition coefficient (Wildman–Crippen LogP) is 4.76. The van der Waals surface area contributed by atoms with Crippen LogP contribution < -0.4 is 5.56 Å². The number of unbranched alkanes of at least 4 members (excludes halogenated alkanes) is 2. The third-order valence-corrected chi connectivity index (χ3v) is 7.10. The lowest BCUT2D eigenvalue weighted by atomic mass is 9.97. The van der Waals surface area contributed by atoms with Gasteiger partial charge in [-0.25, -0.2) is 4.98 Å². The van der Waals surface area contributed by atoms with Gasteiger partial charge in [-0.3, -0.25) is 9.36 Å². The van der Waals surface area contributed by atoms with E-state index in [1.807, 2.05) is 12.1 Å². The van der Waals surface area contributed by atoms with Crippen molar-refractivity contribution in [3.05, 3.63) is 45.0 Å². The minimum atomic E-state index is 0.0512. The molecule has 0 amide bonds. The molecule has 1 aliphatic carbocycles. The van der Waals surface area contributed by atoms with E-state index in [1.54, 1.807) is 33.9 Å². The fourth-order valence-electron chi connectivity index (χ4n) is 3.50. The van der Waals surface area contributed by atoms with Gasteiger partial charge in [0.15, 0.2) is 5.16 Å². The molecule has 0 unspecified atom stereocenters. The zero-order valence-electron chi connectivity index (χ0n) is 15.1. The average molecular weight is 400 g/mol. The summed E-state index contributed by atoms with van der Waals surface area (Å²) in [6.07, 6.45) is 8.40. The van der Waals surface area contributed by atoms with E-state index in [2.05, 4.69) is 6.07 Å². The molecule has 0 bridgehead atoms. The number of hydrogen-bond donors (Lipinski definition) is 0. The third-order valence-electron chi connectivity index (χ3n) is 4.85. The minimum absolute atomic E-state index is 0.0512. The summed E-state index contributed by atoms with van der Waals surface area (Å²) >= 11 is 3.29. The van der Waals surface area contributed by atoms with Crippen LogP contribution in [0, 0.1) is 11.3 Å². The number of rotatable bonds is 7. The van der Waals surface area contributed by atoms with Gasteiger partial charge in [0.05, 0.1) is 24.3 Å². The van der Waals surface area contributed by atoms with Gasteiger partial charge in [-0.05, 0) is 56.2 Å². The molecule has 0 N–H and O–H groups in total. The van der Waals surface area contributed by atoms with Crippen molar-refractivity contribution in [2.45, 2.75) is 56.6 Å². The lowest BCUT2D eigenvalue weighted by Gasteiger charge is -2.12. The van der Waals surface area contributed by atoms with Gasteiger partial charge in [0.1, 0.15) is 10.6 Å². The summed E-state index contributed by atoms with van der Waals surface area (Å²) < 4.78 is 7.24. The fourth-order valence-corrected chi connectivity index (χ4v) is 5.80. The van der Waals surface area contributed by atoms with E-state index in [0.717, 1.165) is 59.0 Å². The van der Waals surface area contributed by atoms with Gasteiger partial charge in [-0.2, -0.15) is 5.26 Å². The molecule has 27 heavy (non-hydrogen) atoms. The third kappa shape index (κ3) is 3.83. The van der Waals surface area contributed by atoms with Crippen molar-refractivity contribution in [3.8, 4) is 6.07 Å². The molecule has 0 spiro atoms. The highest BCUT2D eigenvalue weighted by Crippen LogP contribution is 2.35. The van der Waals surface area contributed by atoms with E-state index < -0.39 is 0 Å². The Morgan fingerprint density at radius 3 is 3.04 bits per heavy atom. The lowest BCUT2D eigenvalue weighted by Crippen LogP contribution is -2.24. The van der Waals surface area contributed by atoms with Gasteiger partial charge in [0.2, 0.25) is 0 Å². The van der Waals surface area contributed by atoms with Crippen molar-refractivity contribution in [1.29, 1.82) is 5.26 Å². The molecular weight excluding hydrogens is 378 g/mol. The second-order valence-electron chi connectivity index (χ2n) is 6.72. The summed E-state index contributed by atoms with van der Waals surface area (Å²) in [5.41, 5.74) is 1.27. The van der Waals surface area contributed by atoms with Crippen molar-refractivity contribution in [2.75, 3.05) is 5.75 Å². The Morgan fingerprint density at radius 2 is 2.22 bits per heavy atom. The molecule has 140 valence electrons. The van der Waals surface area contributed by atoms with Crippen LogP contribution in [0.4, 0.5) is 0 Å². The number of thiophene rings is 1. The molecular formula is C20H21N3O2S2. The van der Waals surface area contributed by atoms with Crippen LogP contribution in [0.5, 0.6) is 0 Å². The van der Waals surface area contributed by atoms with Gasteiger partial charge in [0.25, 0.3) is 5.56 Å². The second-order valence-corrected chi connectivity index (χ2v) is 8.87. The van der Waals surface area contributed by atoms with E-state index in [0.29, 0.717) is 13.0 Å². The molecule has 1 aliphatic rings. The zero-order valence-corrected chi connectivity index (χ0v) is 16.7. The summed E-state index contributed by atoms with van der Waals surface area (Å²) in [6.45, 7) is 0.403. The fraction of sp³-hybridized carbons (Fsp3) is 0.450. The van der Waals surface area contributed by atoms with Crippen LogP contribution in [0.2, 0.25) is 0 Å². The molecule has 3 heterocycles. The number of aryl methyl sites for hydroxylation is 2. The first kappa shape index (κ1) is 18.3. The maximum Gasteiger partial charge on any atom is 0.263 e. The molecule has 0 radical (unpaired) electrons. The number of hydrogen-bond acceptors (Lipinski definition) is 6. The van der Waals surface area contributed by atoms with Crippen LogP contribution in [-0.2, 0) is 19.4 Å². The smallest absolute Gasteiger partial charge is 0.263 e. The van der Waals surface area contributed by atoms with E-state index in [4.69, 9.17) is 14.7 Å². The van der Waals surface area contributed by atoms with Gasteiger partial charge in [-0.1, -0.05) is 11.8 Å². The van der Waals surface area contributed by atoms with E-state index in [1.165, 1.54) is 16.9 Å². The van der Waals surface area contributed by atoms with Gasteiger partial charge in [-0.15, -0.1) is 11.3 Å². The molecule has 0 aromatic carbocycles. The van der Waals surface area contributed by atoms with E-state index >= 15 is 0 Å². The Morgan fingerprint density at radius 1 is 1.33 bits per heavy atom. The molecule has 4 rings (SSSR count). The maximum atomic E-state index is 13.4.